The summed E-state index contributed by atoms with van der Waals surface area (Å²) in [5.74, 6) is -1.15. The molecule has 4 rings (SSSR count). The predicted octanol–water partition coefficient (Wildman–Crippen LogP) is 4.96. The Morgan fingerprint density at radius 2 is 1.63 bits per heavy atom. The fourth-order valence-corrected chi connectivity index (χ4v) is 7.56. The van der Waals surface area contributed by atoms with Gasteiger partial charge in [-0.25, -0.2) is 8.42 Å². The maximum Gasteiger partial charge on any atom is 0.246 e. The van der Waals surface area contributed by atoms with Gasteiger partial charge in [-0.15, -0.1) is 0 Å². The van der Waals surface area contributed by atoms with Crippen LogP contribution in [-0.2, 0) is 30.8 Å². The first kappa shape index (κ1) is 32.4. The van der Waals surface area contributed by atoms with Gasteiger partial charge in [-0.1, -0.05) is 99.1 Å². The topological polar surface area (TPSA) is 119 Å². The maximum atomic E-state index is 14.3. The number of nitrogens with two attached hydrogens (primary N) is 1. The van der Waals surface area contributed by atoms with E-state index in [9.17, 15) is 18.0 Å². The largest absolute Gasteiger partial charge is 0.368 e. The molecule has 0 bridgehead atoms. The number of nitrogens with zero attached hydrogens (tertiary/aromatic N) is 1. The van der Waals surface area contributed by atoms with Crippen molar-refractivity contribution < 1.29 is 22.7 Å². The molecule has 0 radical (unpaired) electrons. The number of hydrogen-bond acceptors (Lipinski definition) is 5. The lowest BCUT2D eigenvalue weighted by molar-refractivity contribution is -0.130. The van der Waals surface area contributed by atoms with Crippen LogP contribution >= 0.6 is 11.6 Å². The van der Waals surface area contributed by atoms with Gasteiger partial charge in [-0.05, 0) is 52.8 Å². The molecule has 1 aliphatic heterocycles. The summed E-state index contributed by atoms with van der Waals surface area (Å²) in [5, 5.41) is 3.18. The molecule has 8 nitrogen and oxygen atoms in total. The normalized spacial score (nSPS) is 18.2. The Morgan fingerprint density at radius 3 is 2.23 bits per heavy atom. The van der Waals surface area contributed by atoms with Crippen molar-refractivity contribution in [2.75, 3.05) is 13.2 Å². The van der Waals surface area contributed by atoms with Crippen LogP contribution in [-0.4, -0.2) is 49.8 Å². The highest BCUT2D eigenvalue weighted by Gasteiger charge is 2.48. The summed E-state index contributed by atoms with van der Waals surface area (Å²) < 4.78 is 36.1. The number of benzene rings is 3. The van der Waals surface area contributed by atoms with Gasteiger partial charge in [-0.3, -0.25) is 9.59 Å². The van der Waals surface area contributed by atoms with Crippen LogP contribution in [0.1, 0.15) is 43.5 Å². The Balaban J connectivity index is 1.59. The van der Waals surface area contributed by atoms with Crippen LogP contribution < -0.4 is 11.1 Å². The predicted molar refractivity (Wildman–Crippen MR) is 168 cm³/mol. The van der Waals surface area contributed by atoms with Crippen LogP contribution in [0.25, 0.3) is 0 Å². The Morgan fingerprint density at radius 1 is 1.00 bits per heavy atom. The van der Waals surface area contributed by atoms with Gasteiger partial charge in [-0.2, -0.15) is 4.31 Å². The third kappa shape index (κ3) is 7.72. The van der Waals surface area contributed by atoms with E-state index in [1.807, 2.05) is 63.2 Å². The van der Waals surface area contributed by atoms with Crippen molar-refractivity contribution >= 4 is 33.4 Å². The lowest BCUT2D eigenvalue weighted by Crippen LogP contribution is -2.47. The minimum Gasteiger partial charge on any atom is -0.368 e. The lowest BCUT2D eigenvalue weighted by atomic mass is 9.87. The summed E-state index contributed by atoms with van der Waals surface area (Å²) >= 11 is 6.18. The van der Waals surface area contributed by atoms with Crippen LogP contribution in [0.2, 0.25) is 5.02 Å². The molecule has 228 valence electrons. The van der Waals surface area contributed by atoms with Crippen LogP contribution in [0, 0.1) is 12.3 Å². The molecule has 43 heavy (non-hydrogen) atoms. The van der Waals surface area contributed by atoms with Gasteiger partial charge >= 0.3 is 0 Å². The second-order valence-corrected chi connectivity index (χ2v) is 14.1. The molecule has 0 aromatic heterocycles. The minimum atomic E-state index is -3.98. The van der Waals surface area contributed by atoms with Crippen molar-refractivity contribution in [2.45, 2.75) is 57.1 Å². The SMILES string of the molecule is Cc1ccccc1S(=O)(=O)N1C(C(C)(C)C)C=C(COCC(=O)N[C@H](Cc2ccccc2)C(N)=O)[C@@H]1c1ccc(Cl)cc1. The maximum absolute atomic E-state index is 14.3. The molecule has 1 unspecified atom stereocenters. The van der Waals surface area contributed by atoms with Crippen molar-refractivity contribution in [3.05, 3.63) is 112 Å². The number of sulfonamides is 1. The number of aryl methyl sites for hydroxylation is 1. The smallest absolute Gasteiger partial charge is 0.246 e. The molecule has 0 aliphatic carbocycles. The lowest BCUT2D eigenvalue weighted by Gasteiger charge is -2.37. The van der Waals surface area contributed by atoms with E-state index in [4.69, 9.17) is 22.1 Å². The van der Waals surface area contributed by atoms with Gasteiger partial charge in [0.15, 0.2) is 0 Å². The molecule has 1 heterocycles. The van der Waals surface area contributed by atoms with Gasteiger partial charge in [0.2, 0.25) is 21.8 Å². The van der Waals surface area contributed by atoms with Crippen LogP contribution in [0.15, 0.2) is 95.4 Å². The second kappa shape index (κ2) is 13.4. The summed E-state index contributed by atoms with van der Waals surface area (Å²) in [6.45, 7) is 7.39. The molecular formula is C33H38ClN3O5S. The minimum absolute atomic E-state index is 0.00694. The summed E-state index contributed by atoms with van der Waals surface area (Å²) in [4.78, 5) is 25.1. The number of nitrogens with one attached hydrogen (secondary N) is 1. The average molecular weight is 624 g/mol. The van der Waals surface area contributed by atoms with E-state index in [0.717, 1.165) is 11.1 Å². The third-order valence-electron chi connectivity index (χ3n) is 7.44. The number of ether oxygens (including phenoxy) is 1. The third-order valence-corrected chi connectivity index (χ3v) is 9.70. The zero-order valence-electron chi connectivity index (χ0n) is 24.8. The first-order chi connectivity index (χ1) is 20.3. The van der Waals surface area contributed by atoms with Gasteiger partial charge in [0.1, 0.15) is 12.6 Å². The molecule has 2 amide bonds. The zero-order valence-corrected chi connectivity index (χ0v) is 26.4. The van der Waals surface area contributed by atoms with Crippen molar-refractivity contribution in [3.63, 3.8) is 0 Å². The Labute approximate surface area is 258 Å². The molecule has 3 atom stereocenters. The number of halogens is 1. The highest BCUT2D eigenvalue weighted by molar-refractivity contribution is 7.89. The van der Waals surface area contributed by atoms with E-state index in [2.05, 4.69) is 5.32 Å². The van der Waals surface area contributed by atoms with Gasteiger partial charge in [0, 0.05) is 17.5 Å². The van der Waals surface area contributed by atoms with Gasteiger partial charge < -0.3 is 15.8 Å². The van der Waals surface area contributed by atoms with Crippen molar-refractivity contribution in [1.29, 1.82) is 0 Å². The molecule has 10 heteroatoms. The molecule has 3 aromatic carbocycles. The van der Waals surface area contributed by atoms with E-state index >= 15 is 0 Å². The Bertz CT molecular complexity index is 1580. The summed E-state index contributed by atoms with van der Waals surface area (Å²) in [7, 11) is -3.98. The van der Waals surface area contributed by atoms with Gasteiger partial charge in [0.25, 0.3) is 0 Å². The number of hydrogen-bond donors (Lipinski definition) is 2. The quantitative estimate of drug-likeness (QED) is 0.293. The number of carbonyl (C=O) groups is 2. The first-order valence-corrected chi connectivity index (χ1v) is 15.9. The fourth-order valence-electron chi connectivity index (χ4n) is 5.27. The fraction of sp³-hybridized carbons (Fsp3) is 0.333. The van der Waals surface area contributed by atoms with Crippen molar-refractivity contribution in [1.82, 2.24) is 9.62 Å². The van der Waals surface area contributed by atoms with E-state index in [-0.39, 0.29) is 24.5 Å². The zero-order chi connectivity index (χ0) is 31.4. The van der Waals surface area contributed by atoms with E-state index in [1.165, 1.54) is 0 Å². The van der Waals surface area contributed by atoms with Crippen LogP contribution in [0.3, 0.4) is 0 Å². The highest BCUT2D eigenvalue weighted by atomic mass is 35.5. The van der Waals surface area contributed by atoms with E-state index in [0.29, 0.717) is 16.2 Å². The standard InChI is InChI=1S/C33H38ClN3O5S/c1-22-10-8-9-13-28(22)43(40,41)37-29(33(2,3)4)19-25(31(37)24-14-16-26(34)17-15-24)20-42-21-30(38)36-27(32(35)39)18-23-11-6-5-7-12-23/h5-17,19,27,29,31H,18,20-21H2,1-4H3,(H2,35,39)(H,36,38)/t27-,29?,31+/m1/s1. The number of carbonyl (C=O) groups excluding carboxylic acids is 2. The monoisotopic (exact) mass is 623 g/mol. The molecular weight excluding hydrogens is 586 g/mol. The first-order valence-electron chi connectivity index (χ1n) is 14.0. The number of amides is 2. The molecule has 3 aromatic rings. The molecule has 0 fully saturated rings. The number of rotatable bonds is 11. The second-order valence-electron chi connectivity index (χ2n) is 11.8. The molecule has 3 N–H and O–H groups in total. The molecule has 0 saturated heterocycles. The highest BCUT2D eigenvalue weighted by Crippen LogP contribution is 2.46. The van der Waals surface area contributed by atoms with Crippen molar-refractivity contribution in [2.24, 2.45) is 11.1 Å². The van der Waals surface area contributed by atoms with Crippen LogP contribution in [0.5, 0.6) is 0 Å². The summed E-state index contributed by atoms with van der Waals surface area (Å²) in [6, 6.07) is 21.1. The number of primary amides is 1. The molecule has 1 aliphatic rings. The van der Waals surface area contributed by atoms with Crippen LogP contribution in [0.4, 0.5) is 0 Å². The molecule has 0 spiro atoms. The summed E-state index contributed by atoms with van der Waals surface area (Å²) in [6.07, 6.45) is 2.18. The van der Waals surface area contributed by atoms with Crippen molar-refractivity contribution in [3.8, 4) is 0 Å². The van der Waals surface area contributed by atoms with E-state index in [1.54, 1.807) is 53.7 Å². The molecule has 0 saturated carbocycles. The Kier molecular flexibility index (Phi) is 10.1. The Hall–Kier alpha value is -3.50. The van der Waals surface area contributed by atoms with E-state index < -0.39 is 45.4 Å². The average Bonchev–Trinajstić information content (AvgIpc) is 3.35. The van der Waals surface area contributed by atoms with Gasteiger partial charge in [0.05, 0.1) is 17.5 Å². The summed E-state index contributed by atoms with van der Waals surface area (Å²) in [5.41, 5.74) is 8.01.